The van der Waals surface area contributed by atoms with E-state index in [4.69, 9.17) is 4.74 Å². The zero-order chi connectivity index (χ0) is 24.0. The Hall–Kier alpha value is -3.11. The number of anilines is 1. The van der Waals surface area contributed by atoms with E-state index in [0.717, 1.165) is 51.1 Å². The molecule has 3 aromatic carbocycles. The first-order valence-corrected chi connectivity index (χ1v) is 12.3. The van der Waals surface area contributed by atoms with Crippen molar-refractivity contribution in [2.75, 3.05) is 44.7 Å². The van der Waals surface area contributed by atoms with Crippen LogP contribution in [0, 0.1) is 6.92 Å². The number of aryl methyl sites for hydroxylation is 1. The number of hydrogen-bond donors (Lipinski definition) is 0. The Morgan fingerprint density at radius 3 is 2.18 bits per heavy atom. The lowest BCUT2D eigenvalue weighted by Crippen LogP contribution is -2.47. The standard InChI is InChI=1S/C30H36N2O2/c1-24-10-7-8-13-28(24)25-14-16-27(17-15-25)32-22-20-31(21-23-32)19-9-18-30(2,29(33)34-3)26-11-5-4-6-12-26/h4-8,10-17H,9,18-23H2,1-3H3. The van der Waals surface area contributed by atoms with Crippen molar-refractivity contribution < 1.29 is 9.53 Å². The minimum absolute atomic E-state index is 0.155. The summed E-state index contributed by atoms with van der Waals surface area (Å²) in [6, 6.07) is 27.5. The van der Waals surface area contributed by atoms with Crippen molar-refractivity contribution in [3.05, 3.63) is 90.0 Å². The van der Waals surface area contributed by atoms with Crippen LogP contribution in [-0.4, -0.2) is 50.7 Å². The molecule has 1 fully saturated rings. The Kier molecular flexibility index (Phi) is 7.69. The first kappa shape index (κ1) is 24.0. The Bertz CT molecular complexity index is 1070. The van der Waals surface area contributed by atoms with Gasteiger partial charge in [-0.2, -0.15) is 0 Å². The summed E-state index contributed by atoms with van der Waals surface area (Å²) in [6.45, 7) is 9.30. The zero-order valence-corrected chi connectivity index (χ0v) is 20.7. The SMILES string of the molecule is COC(=O)C(C)(CCCN1CCN(c2ccc(-c3ccccc3C)cc2)CC1)c1ccccc1. The predicted molar refractivity (Wildman–Crippen MR) is 140 cm³/mol. The molecular weight excluding hydrogens is 420 g/mol. The molecule has 1 aliphatic heterocycles. The molecule has 1 unspecified atom stereocenters. The van der Waals surface area contributed by atoms with Crippen LogP contribution in [0.2, 0.25) is 0 Å². The Balaban J connectivity index is 1.29. The third kappa shape index (κ3) is 5.34. The van der Waals surface area contributed by atoms with Crippen molar-refractivity contribution in [1.29, 1.82) is 0 Å². The molecular formula is C30H36N2O2. The van der Waals surface area contributed by atoms with Crippen LogP contribution in [0.5, 0.6) is 0 Å². The Labute approximate surface area is 204 Å². The van der Waals surface area contributed by atoms with Crippen molar-refractivity contribution in [2.24, 2.45) is 0 Å². The molecule has 0 N–H and O–H groups in total. The van der Waals surface area contributed by atoms with Gasteiger partial charge in [-0.15, -0.1) is 0 Å². The summed E-state index contributed by atoms with van der Waals surface area (Å²) >= 11 is 0. The molecule has 4 rings (SSSR count). The molecule has 1 aliphatic rings. The number of esters is 1. The van der Waals surface area contributed by atoms with Gasteiger partial charge < -0.3 is 9.64 Å². The van der Waals surface area contributed by atoms with E-state index in [2.05, 4.69) is 65.3 Å². The third-order valence-electron chi connectivity index (χ3n) is 7.26. The van der Waals surface area contributed by atoms with Gasteiger partial charge in [0.15, 0.2) is 0 Å². The van der Waals surface area contributed by atoms with Crippen LogP contribution in [0.3, 0.4) is 0 Å². The van der Waals surface area contributed by atoms with E-state index in [-0.39, 0.29) is 5.97 Å². The van der Waals surface area contributed by atoms with E-state index in [1.165, 1.54) is 29.5 Å². The monoisotopic (exact) mass is 456 g/mol. The van der Waals surface area contributed by atoms with E-state index in [1.807, 2.05) is 37.3 Å². The van der Waals surface area contributed by atoms with Gasteiger partial charge in [-0.25, -0.2) is 0 Å². The van der Waals surface area contributed by atoms with Crippen LogP contribution >= 0.6 is 0 Å². The summed E-state index contributed by atoms with van der Waals surface area (Å²) in [7, 11) is 1.48. The van der Waals surface area contributed by atoms with Gasteiger partial charge in [0.1, 0.15) is 0 Å². The average Bonchev–Trinajstić information content (AvgIpc) is 2.89. The molecule has 0 bridgehead atoms. The molecule has 1 saturated heterocycles. The molecule has 34 heavy (non-hydrogen) atoms. The molecule has 0 aliphatic carbocycles. The van der Waals surface area contributed by atoms with Crippen molar-refractivity contribution in [3.63, 3.8) is 0 Å². The fourth-order valence-electron chi connectivity index (χ4n) is 5.03. The molecule has 0 spiro atoms. The van der Waals surface area contributed by atoms with Crippen LogP contribution in [0.1, 0.15) is 30.9 Å². The van der Waals surface area contributed by atoms with E-state index >= 15 is 0 Å². The highest BCUT2D eigenvalue weighted by atomic mass is 16.5. The predicted octanol–water partition coefficient (Wildman–Crippen LogP) is 5.70. The van der Waals surface area contributed by atoms with Crippen LogP contribution < -0.4 is 4.90 Å². The van der Waals surface area contributed by atoms with Crippen molar-refractivity contribution in [1.82, 2.24) is 4.90 Å². The summed E-state index contributed by atoms with van der Waals surface area (Å²) in [5.41, 5.74) is 5.59. The number of nitrogens with zero attached hydrogens (tertiary/aromatic N) is 2. The maximum absolute atomic E-state index is 12.6. The first-order valence-electron chi connectivity index (χ1n) is 12.3. The quantitative estimate of drug-likeness (QED) is 0.407. The maximum Gasteiger partial charge on any atom is 0.315 e. The molecule has 178 valence electrons. The molecule has 1 atom stereocenters. The van der Waals surface area contributed by atoms with Crippen LogP contribution in [0.25, 0.3) is 11.1 Å². The second-order valence-electron chi connectivity index (χ2n) is 9.48. The minimum Gasteiger partial charge on any atom is -0.468 e. The van der Waals surface area contributed by atoms with Gasteiger partial charge in [-0.1, -0.05) is 66.7 Å². The van der Waals surface area contributed by atoms with Gasteiger partial charge >= 0.3 is 5.97 Å². The van der Waals surface area contributed by atoms with Crippen molar-refractivity contribution >= 4 is 11.7 Å². The van der Waals surface area contributed by atoms with E-state index in [0.29, 0.717) is 0 Å². The molecule has 1 heterocycles. The number of benzene rings is 3. The molecule has 0 saturated carbocycles. The van der Waals surface area contributed by atoms with Gasteiger partial charge in [-0.3, -0.25) is 9.69 Å². The number of rotatable bonds is 8. The van der Waals surface area contributed by atoms with E-state index in [9.17, 15) is 4.79 Å². The van der Waals surface area contributed by atoms with Gasteiger partial charge in [-0.05, 0) is 67.6 Å². The van der Waals surface area contributed by atoms with Gasteiger partial charge in [0.05, 0.1) is 12.5 Å². The fourth-order valence-corrected chi connectivity index (χ4v) is 5.03. The molecule has 0 amide bonds. The number of hydrogen-bond acceptors (Lipinski definition) is 4. The summed E-state index contributed by atoms with van der Waals surface area (Å²) in [4.78, 5) is 17.6. The normalized spacial score (nSPS) is 16.1. The average molecular weight is 457 g/mol. The molecule has 4 nitrogen and oxygen atoms in total. The summed E-state index contributed by atoms with van der Waals surface area (Å²) in [6.07, 6.45) is 1.75. The highest BCUT2D eigenvalue weighted by Crippen LogP contribution is 2.31. The number of piperazine rings is 1. The number of carbonyl (C=O) groups excluding carboxylic acids is 1. The highest BCUT2D eigenvalue weighted by Gasteiger charge is 2.36. The molecule has 0 radical (unpaired) electrons. The van der Waals surface area contributed by atoms with Gasteiger partial charge in [0.2, 0.25) is 0 Å². The maximum atomic E-state index is 12.6. The minimum atomic E-state index is -0.601. The lowest BCUT2D eigenvalue weighted by atomic mass is 9.78. The fraction of sp³-hybridized carbons (Fsp3) is 0.367. The highest BCUT2D eigenvalue weighted by molar-refractivity contribution is 5.82. The summed E-state index contributed by atoms with van der Waals surface area (Å²) in [5, 5.41) is 0. The van der Waals surface area contributed by atoms with E-state index in [1.54, 1.807) is 0 Å². The largest absolute Gasteiger partial charge is 0.468 e. The van der Waals surface area contributed by atoms with Crippen molar-refractivity contribution in [2.45, 2.75) is 32.1 Å². The zero-order valence-electron chi connectivity index (χ0n) is 20.7. The lowest BCUT2D eigenvalue weighted by molar-refractivity contribution is -0.147. The summed E-state index contributed by atoms with van der Waals surface area (Å²) < 4.78 is 5.16. The number of ether oxygens (including phenoxy) is 1. The van der Waals surface area contributed by atoms with E-state index < -0.39 is 5.41 Å². The molecule has 3 aromatic rings. The molecule has 0 aromatic heterocycles. The smallest absolute Gasteiger partial charge is 0.315 e. The Morgan fingerprint density at radius 1 is 0.882 bits per heavy atom. The number of methoxy groups -OCH3 is 1. The second kappa shape index (κ2) is 10.9. The Morgan fingerprint density at radius 2 is 1.53 bits per heavy atom. The first-order chi connectivity index (χ1) is 16.5. The van der Waals surface area contributed by atoms with Crippen LogP contribution in [-0.2, 0) is 14.9 Å². The van der Waals surface area contributed by atoms with Crippen LogP contribution in [0.15, 0.2) is 78.9 Å². The van der Waals surface area contributed by atoms with Gasteiger partial charge in [0, 0.05) is 31.9 Å². The lowest BCUT2D eigenvalue weighted by Gasteiger charge is -2.36. The van der Waals surface area contributed by atoms with Crippen LogP contribution in [0.4, 0.5) is 5.69 Å². The van der Waals surface area contributed by atoms with Gasteiger partial charge in [0.25, 0.3) is 0 Å². The summed E-state index contributed by atoms with van der Waals surface area (Å²) in [5.74, 6) is -0.155. The number of carbonyl (C=O) groups is 1. The second-order valence-corrected chi connectivity index (χ2v) is 9.48. The topological polar surface area (TPSA) is 32.8 Å². The third-order valence-corrected chi connectivity index (χ3v) is 7.26. The van der Waals surface area contributed by atoms with Crippen molar-refractivity contribution in [3.8, 4) is 11.1 Å². The molecule has 4 heteroatoms.